The molecule has 1 N–H and O–H groups in total. The Morgan fingerprint density at radius 3 is 3.16 bits per heavy atom. The third kappa shape index (κ3) is 2.54. The molecule has 100 valence electrons. The van der Waals surface area contributed by atoms with Gasteiger partial charge in [-0.05, 0) is 37.4 Å². The molecule has 0 amide bonds. The summed E-state index contributed by atoms with van der Waals surface area (Å²) in [5.74, 6) is 1.88. The molecule has 0 aliphatic heterocycles. The fourth-order valence-electron chi connectivity index (χ4n) is 2.77. The van der Waals surface area contributed by atoms with Crippen LogP contribution in [-0.4, -0.2) is 23.7 Å². The van der Waals surface area contributed by atoms with Gasteiger partial charge in [0.25, 0.3) is 0 Å². The predicted molar refractivity (Wildman–Crippen MR) is 73.2 cm³/mol. The number of likely N-dealkylation sites (N-methyl/N-ethyl adjacent to an activating group) is 1. The highest BCUT2D eigenvalue weighted by Gasteiger charge is 2.25. The second-order valence-corrected chi connectivity index (χ2v) is 5.04. The summed E-state index contributed by atoms with van der Waals surface area (Å²) >= 11 is 0. The van der Waals surface area contributed by atoms with E-state index in [0.717, 1.165) is 37.5 Å². The van der Waals surface area contributed by atoms with Gasteiger partial charge >= 0.3 is 0 Å². The highest BCUT2D eigenvalue weighted by molar-refractivity contribution is 5.36. The molecule has 0 bridgehead atoms. The molecule has 0 saturated carbocycles. The molecular weight excluding hydrogens is 238 g/mol. The molecule has 1 aliphatic carbocycles. The van der Waals surface area contributed by atoms with Gasteiger partial charge < -0.3 is 9.84 Å². The Balaban J connectivity index is 1.85. The Bertz CT molecular complexity index is 550. The summed E-state index contributed by atoms with van der Waals surface area (Å²) in [4.78, 5) is 4.55. The second-order valence-electron chi connectivity index (χ2n) is 5.04. The number of nitrogens with one attached hydrogen (secondary N) is 1. The van der Waals surface area contributed by atoms with Crippen LogP contribution in [0.25, 0.3) is 0 Å². The van der Waals surface area contributed by atoms with E-state index in [9.17, 15) is 0 Å². The second kappa shape index (κ2) is 5.53. The van der Waals surface area contributed by atoms with Gasteiger partial charge in [0.15, 0.2) is 5.82 Å². The maximum atomic E-state index is 5.33. The van der Waals surface area contributed by atoms with E-state index in [1.54, 1.807) is 0 Å². The fourth-order valence-corrected chi connectivity index (χ4v) is 2.77. The third-order valence-corrected chi connectivity index (χ3v) is 3.75. The summed E-state index contributed by atoms with van der Waals surface area (Å²) in [6, 6.07) is 8.61. The van der Waals surface area contributed by atoms with Gasteiger partial charge in [-0.1, -0.05) is 29.4 Å². The van der Waals surface area contributed by atoms with Crippen molar-refractivity contribution in [3.05, 3.63) is 47.1 Å². The zero-order chi connectivity index (χ0) is 13.1. The molecule has 0 radical (unpaired) electrons. The number of rotatable bonds is 4. The van der Waals surface area contributed by atoms with Crippen molar-refractivity contribution in [2.45, 2.75) is 31.6 Å². The first-order valence-corrected chi connectivity index (χ1v) is 6.93. The Hall–Kier alpha value is -1.68. The number of hydrogen-bond donors (Lipinski definition) is 1. The van der Waals surface area contributed by atoms with Gasteiger partial charge in [-0.2, -0.15) is 4.98 Å². The molecule has 0 fully saturated rings. The smallest absolute Gasteiger partial charge is 0.227 e. The molecule has 1 unspecified atom stereocenters. The highest BCUT2D eigenvalue weighted by atomic mass is 16.5. The summed E-state index contributed by atoms with van der Waals surface area (Å²) < 4.78 is 5.33. The molecule has 2 aromatic rings. The number of fused-ring (bicyclic) bond motifs is 1. The highest BCUT2D eigenvalue weighted by Crippen LogP contribution is 2.34. The molecule has 1 aliphatic rings. The lowest BCUT2D eigenvalue weighted by Gasteiger charge is -2.22. The first-order valence-electron chi connectivity index (χ1n) is 6.93. The number of nitrogens with zero attached hydrogens (tertiary/aromatic N) is 2. The van der Waals surface area contributed by atoms with Crippen LogP contribution in [0.3, 0.4) is 0 Å². The van der Waals surface area contributed by atoms with Gasteiger partial charge in [-0.3, -0.25) is 0 Å². The number of aromatic nitrogens is 2. The zero-order valence-corrected chi connectivity index (χ0v) is 11.2. The molecule has 4 nitrogen and oxygen atoms in total. The monoisotopic (exact) mass is 257 g/mol. The summed E-state index contributed by atoms with van der Waals surface area (Å²) in [7, 11) is 1.93. The van der Waals surface area contributed by atoms with Crippen molar-refractivity contribution >= 4 is 0 Å². The fraction of sp³-hybridized carbons (Fsp3) is 0.467. The minimum atomic E-state index is 0.303. The first-order chi connectivity index (χ1) is 9.38. The summed E-state index contributed by atoms with van der Waals surface area (Å²) in [6.07, 6.45) is 4.26. The van der Waals surface area contributed by atoms with Crippen LogP contribution < -0.4 is 5.32 Å². The van der Waals surface area contributed by atoms with Gasteiger partial charge in [0, 0.05) is 18.9 Å². The van der Waals surface area contributed by atoms with Gasteiger partial charge in [0.05, 0.1) is 0 Å². The largest absolute Gasteiger partial charge is 0.339 e. The quantitative estimate of drug-likeness (QED) is 0.913. The molecule has 0 spiro atoms. The van der Waals surface area contributed by atoms with Crippen LogP contribution in [0.2, 0.25) is 0 Å². The molecule has 0 saturated heterocycles. The van der Waals surface area contributed by atoms with E-state index >= 15 is 0 Å². The predicted octanol–water partition coefficient (Wildman–Crippen LogP) is 2.30. The first kappa shape index (κ1) is 12.4. The van der Waals surface area contributed by atoms with Crippen LogP contribution >= 0.6 is 0 Å². The molecule has 19 heavy (non-hydrogen) atoms. The van der Waals surface area contributed by atoms with Gasteiger partial charge in [0.1, 0.15) is 0 Å². The van der Waals surface area contributed by atoms with Crippen molar-refractivity contribution in [3.8, 4) is 0 Å². The molecule has 4 heteroatoms. The number of hydrogen-bond acceptors (Lipinski definition) is 4. The topological polar surface area (TPSA) is 51.0 Å². The minimum Gasteiger partial charge on any atom is -0.339 e. The number of aryl methyl sites for hydroxylation is 1. The lowest BCUT2D eigenvalue weighted by atomic mass is 9.82. The van der Waals surface area contributed by atoms with Gasteiger partial charge in [-0.25, -0.2) is 0 Å². The summed E-state index contributed by atoms with van der Waals surface area (Å²) in [6.45, 7) is 0.864. The Labute approximate surface area is 113 Å². The maximum absolute atomic E-state index is 5.33. The van der Waals surface area contributed by atoms with E-state index in [-0.39, 0.29) is 0 Å². The van der Waals surface area contributed by atoms with Crippen molar-refractivity contribution in [2.24, 2.45) is 0 Å². The van der Waals surface area contributed by atoms with Crippen LogP contribution in [-0.2, 0) is 12.8 Å². The summed E-state index contributed by atoms with van der Waals surface area (Å²) in [5, 5.41) is 7.27. The van der Waals surface area contributed by atoms with E-state index in [2.05, 4.69) is 39.7 Å². The standard InChI is InChI=1S/C15H19N3O/c1-16-10-9-14-17-15(18-19-14)13-8-4-6-11-5-2-3-7-12(11)13/h2-3,5,7,13,16H,4,6,8-10H2,1H3. The van der Waals surface area contributed by atoms with Crippen LogP contribution in [0.4, 0.5) is 0 Å². The summed E-state index contributed by atoms with van der Waals surface area (Å²) in [5.41, 5.74) is 2.80. The third-order valence-electron chi connectivity index (χ3n) is 3.75. The normalized spacial score (nSPS) is 18.3. The van der Waals surface area contributed by atoms with E-state index in [1.165, 1.54) is 17.5 Å². The van der Waals surface area contributed by atoms with Crippen molar-refractivity contribution in [3.63, 3.8) is 0 Å². The average Bonchev–Trinajstić information content (AvgIpc) is 2.93. The van der Waals surface area contributed by atoms with Crippen LogP contribution in [0.1, 0.15) is 41.6 Å². The SMILES string of the molecule is CNCCc1nc(C2CCCc3ccccc32)no1. The minimum absolute atomic E-state index is 0.303. The molecule has 1 aromatic carbocycles. The zero-order valence-electron chi connectivity index (χ0n) is 11.2. The maximum Gasteiger partial charge on any atom is 0.227 e. The Morgan fingerprint density at radius 1 is 1.37 bits per heavy atom. The number of benzene rings is 1. The van der Waals surface area contributed by atoms with E-state index < -0.39 is 0 Å². The van der Waals surface area contributed by atoms with Crippen LogP contribution in [0.15, 0.2) is 28.8 Å². The lowest BCUT2D eigenvalue weighted by Crippen LogP contribution is -2.13. The molecular formula is C15H19N3O. The Kier molecular flexibility index (Phi) is 3.60. The average molecular weight is 257 g/mol. The van der Waals surface area contributed by atoms with Crippen molar-refractivity contribution in [1.29, 1.82) is 0 Å². The van der Waals surface area contributed by atoms with E-state index in [4.69, 9.17) is 4.52 Å². The molecule has 1 heterocycles. The van der Waals surface area contributed by atoms with E-state index in [0.29, 0.717) is 5.92 Å². The van der Waals surface area contributed by atoms with Gasteiger partial charge in [0.2, 0.25) is 5.89 Å². The Morgan fingerprint density at radius 2 is 2.26 bits per heavy atom. The van der Waals surface area contributed by atoms with Crippen LogP contribution in [0, 0.1) is 0 Å². The molecule has 1 aromatic heterocycles. The lowest BCUT2D eigenvalue weighted by molar-refractivity contribution is 0.368. The van der Waals surface area contributed by atoms with Gasteiger partial charge in [-0.15, -0.1) is 0 Å². The van der Waals surface area contributed by atoms with Crippen molar-refractivity contribution in [1.82, 2.24) is 15.5 Å². The van der Waals surface area contributed by atoms with Crippen molar-refractivity contribution in [2.75, 3.05) is 13.6 Å². The van der Waals surface area contributed by atoms with Crippen LogP contribution in [0.5, 0.6) is 0 Å². The molecule has 3 rings (SSSR count). The molecule has 1 atom stereocenters. The van der Waals surface area contributed by atoms with Crippen molar-refractivity contribution < 1.29 is 4.52 Å². The van der Waals surface area contributed by atoms with E-state index in [1.807, 2.05) is 7.05 Å².